The second-order valence-corrected chi connectivity index (χ2v) is 5.54. The van der Waals surface area contributed by atoms with Gasteiger partial charge in [0.2, 0.25) is 5.91 Å². The van der Waals surface area contributed by atoms with Crippen molar-refractivity contribution in [3.8, 4) is 0 Å². The predicted molar refractivity (Wildman–Crippen MR) is 83.8 cm³/mol. The molecule has 22 heavy (non-hydrogen) atoms. The predicted octanol–water partition coefficient (Wildman–Crippen LogP) is 3.38. The molecule has 3 rings (SSSR count). The van der Waals surface area contributed by atoms with Crippen molar-refractivity contribution in [1.29, 1.82) is 0 Å². The third-order valence-corrected chi connectivity index (χ3v) is 3.90. The van der Waals surface area contributed by atoms with Gasteiger partial charge in [0.05, 0.1) is 11.5 Å². The number of fused-ring (bicyclic) bond motifs is 1. The first kappa shape index (κ1) is 14.3. The van der Waals surface area contributed by atoms with Gasteiger partial charge in [0, 0.05) is 24.2 Å². The van der Waals surface area contributed by atoms with E-state index >= 15 is 0 Å². The van der Waals surface area contributed by atoms with Crippen LogP contribution in [0.15, 0.2) is 42.5 Å². The molecule has 0 unspecified atom stereocenters. The average molecular weight is 296 g/mol. The van der Waals surface area contributed by atoms with Gasteiger partial charge in [-0.25, -0.2) is 0 Å². The highest BCUT2D eigenvalue weighted by molar-refractivity contribution is 5.96. The van der Waals surface area contributed by atoms with Crippen molar-refractivity contribution in [1.82, 2.24) is 0 Å². The van der Waals surface area contributed by atoms with E-state index in [0.29, 0.717) is 19.4 Å². The Morgan fingerprint density at radius 2 is 2.00 bits per heavy atom. The molecule has 0 spiro atoms. The van der Waals surface area contributed by atoms with Crippen LogP contribution in [0.1, 0.15) is 23.1 Å². The second-order valence-electron chi connectivity index (χ2n) is 5.54. The van der Waals surface area contributed by atoms with E-state index in [1.165, 1.54) is 6.07 Å². The van der Waals surface area contributed by atoms with Gasteiger partial charge >= 0.3 is 0 Å². The van der Waals surface area contributed by atoms with Crippen LogP contribution < -0.4 is 4.90 Å². The smallest absolute Gasteiger partial charge is 0.269 e. The van der Waals surface area contributed by atoms with E-state index in [-0.39, 0.29) is 11.6 Å². The van der Waals surface area contributed by atoms with Gasteiger partial charge in [-0.1, -0.05) is 29.8 Å². The SMILES string of the molecule is Cc1cccc(CN2C(=O)CCc3cc([N+](=O)[O-])ccc32)c1. The summed E-state index contributed by atoms with van der Waals surface area (Å²) in [5.41, 5.74) is 3.92. The van der Waals surface area contributed by atoms with Crippen LogP contribution in [0.5, 0.6) is 0 Å². The van der Waals surface area contributed by atoms with Crippen LogP contribution in [0.2, 0.25) is 0 Å². The molecular weight excluding hydrogens is 280 g/mol. The maximum Gasteiger partial charge on any atom is 0.269 e. The summed E-state index contributed by atoms with van der Waals surface area (Å²) in [7, 11) is 0. The Bertz CT molecular complexity index is 755. The van der Waals surface area contributed by atoms with Gasteiger partial charge in [0.15, 0.2) is 0 Å². The third kappa shape index (κ3) is 2.70. The van der Waals surface area contributed by atoms with E-state index in [1.54, 1.807) is 17.0 Å². The molecule has 5 nitrogen and oxygen atoms in total. The first-order valence-corrected chi connectivity index (χ1v) is 7.18. The number of anilines is 1. The number of nitro groups is 1. The molecule has 1 amide bonds. The number of aryl methyl sites for hydroxylation is 2. The first-order chi connectivity index (χ1) is 10.5. The zero-order chi connectivity index (χ0) is 15.7. The minimum atomic E-state index is -0.401. The van der Waals surface area contributed by atoms with Crippen LogP contribution in [-0.2, 0) is 17.8 Å². The van der Waals surface area contributed by atoms with Crippen molar-refractivity contribution in [2.75, 3.05) is 4.90 Å². The zero-order valence-electron chi connectivity index (χ0n) is 12.3. The van der Waals surface area contributed by atoms with Crippen molar-refractivity contribution < 1.29 is 9.72 Å². The van der Waals surface area contributed by atoms with Crippen molar-refractivity contribution in [3.63, 3.8) is 0 Å². The summed E-state index contributed by atoms with van der Waals surface area (Å²) in [4.78, 5) is 24.5. The highest BCUT2D eigenvalue weighted by Crippen LogP contribution is 2.32. The van der Waals surface area contributed by atoms with Crippen LogP contribution in [0.25, 0.3) is 0 Å². The van der Waals surface area contributed by atoms with Gasteiger partial charge in [-0.3, -0.25) is 14.9 Å². The number of carbonyl (C=O) groups is 1. The van der Waals surface area contributed by atoms with E-state index in [9.17, 15) is 14.9 Å². The van der Waals surface area contributed by atoms with Gasteiger partial charge in [0.1, 0.15) is 0 Å². The lowest BCUT2D eigenvalue weighted by molar-refractivity contribution is -0.384. The molecule has 0 bridgehead atoms. The zero-order valence-corrected chi connectivity index (χ0v) is 12.3. The Labute approximate surface area is 128 Å². The Balaban J connectivity index is 1.95. The summed E-state index contributed by atoms with van der Waals surface area (Å²) in [5.74, 6) is 0.0582. The molecule has 5 heteroatoms. The Kier molecular flexibility index (Phi) is 3.63. The van der Waals surface area contributed by atoms with E-state index in [1.807, 2.05) is 31.2 Å². The van der Waals surface area contributed by atoms with E-state index in [2.05, 4.69) is 0 Å². The van der Waals surface area contributed by atoms with Gasteiger partial charge < -0.3 is 4.90 Å². The topological polar surface area (TPSA) is 63.5 Å². The molecule has 0 saturated heterocycles. The standard InChI is InChI=1S/C17H16N2O3/c1-12-3-2-4-13(9-12)11-18-16-7-6-15(19(21)22)10-14(16)5-8-17(18)20/h2-4,6-7,9-10H,5,8,11H2,1H3. The third-order valence-electron chi connectivity index (χ3n) is 3.90. The fourth-order valence-electron chi connectivity index (χ4n) is 2.83. The summed E-state index contributed by atoms with van der Waals surface area (Å²) in [5, 5.41) is 10.9. The molecule has 112 valence electrons. The summed E-state index contributed by atoms with van der Waals surface area (Å²) < 4.78 is 0. The summed E-state index contributed by atoms with van der Waals surface area (Å²) in [6.07, 6.45) is 0.945. The minimum Gasteiger partial charge on any atom is -0.308 e. The number of nitrogens with zero attached hydrogens (tertiary/aromatic N) is 2. The molecule has 1 aliphatic rings. The Morgan fingerprint density at radius 3 is 2.73 bits per heavy atom. The van der Waals surface area contributed by atoms with Crippen LogP contribution in [0, 0.1) is 17.0 Å². The maximum atomic E-state index is 12.3. The number of benzene rings is 2. The molecule has 2 aromatic carbocycles. The number of non-ortho nitro benzene ring substituents is 1. The second kappa shape index (κ2) is 5.60. The van der Waals surface area contributed by atoms with Crippen LogP contribution in [0.3, 0.4) is 0 Å². The van der Waals surface area contributed by atoms with Crippen LogP contribution >= 0.6 is 0 Å². The van der Waals surface area contributed by atoms with Crippen LogP contribution in [-0.4, -0.2) is 10.8 Å². The number of nitro benzene ring substituents is 1. The molecule has 0 N–H and O–H groups in total. The van der Waals surface area contributed by atoms with Gasteiger partial charge in [-0.2, -0.15) is 0 Å². The molecule has 0 atom stereocenters. The summed E-state index contributed by atoms with van der Waals surface area (Å²) in [6, 6.07) is 12.7. The lowest BCUT2D eigenvalue weighted by Crippen LogP contribution is -2.34. The molecular formula is C17H16N2O3. The number of carbonyl (C=O) groups excluding carboxylic acids is 1. The molecule has 0 aromatic heterocycles. The highest BCUT2D eigenvalue weighted by atomic mass is 16.6. The molecule has 0 saturated carbocycles. The van der Waals surface area contributed by atoms with E-state index in [4.69, 9.17) is 0 Å². The molecule has 0 radical (unpaired) electrons. The van der Waals surface area contributed by atoms with Crippen molar-refractivity contribution in [2.45, 2.75) is 26.3 Å². The number of hydrogen-bond donors (Lipinski definition) is 0. The van der Waals surface area contributed by atoms with Gasteiger partial charge in [0.25, 0.3) is 5.69 Å². The van der Waals surface area contributed by atoms with Gasteiger partial charge in [-0.05, 0) is 30.5 Å². The van der Waals surface area contributed by atoms with Crippen molar-refractivity contribution in [3.05, 3.63) is 69.3 Å². The Morgan fingerprint density at radius 1 is 1.18 bits per heavy atom. The largest absolute Gasteiger partial charge is 0.308 e. The van der Waals surface area contributed by atoms with E-state index < -0.39 is 4.92 Å². The molecule has 1 heterocycles. The van der Waals surface area contributed by atoms with E-state index in [0.717, 1.165) is 22.4 Å². The fourth-order valence-corrected chi connectivity index (χ4v) is 2.83. The Hall–Kier alpha value is -2.69. The maximum absolute atomic E-state index is 12.3. The first-order valence-electron chi connectivity index (χ1n) is 7.18. The van der Waals surface area contributed by atoms with Crippen LogP contribution in [0.4, 0.5) is 11.4 Å². The van der Waals surface area contributed by atoms with Crippen molar-refractivity contribution >= 4 is 17.3 Å². The fraction of sp³-hybridized carbons (Fsp3) is 0.235. The normalized spacial score (nSPS) is 13.9. The molecule has 2 aromatic rings. The molecule has 0 aliphatic carbocycles. The minimum absolute atomic E-state index is 0.0582. The molecule has 0 fully saturated rings. The summed E-state index contributed by atoms with van der Waals surface area (Å²) >= 11 is 0. The summed E-state index contributed by atoms with van der Waals surface area (Å²) in [6.45, 7) is 2.50. The quantitative estimate of drug-likeness (QED) is 0.644. The lowest BCUT2D eigenvalue weighted by Gasteiger charge is -2.29. The van der Waals surface area contributed by atoms with Gasteiger partial charge in [-0.15, -0.1) is 0 Å². The number of amides is 1. The number of hydrogen-bond acceptors (Lipinski definition) is 3. The molecule has 1 aliphatic heterocycles. The monoisotopic (exact) mass is 296 g/mol. The highest BCUT2D eigenvalue weighted by Gasteiger charge is 2.25. The average Bonchev–Trinajstić information content (AvgIpc) is 2.49. The van der Waals surface area contributed by atoms with Crippen molar-refractivity contribution in [2.24, 2.45) is 0 Å². The number of rotatable bonds is 3. The lowest BCUT2D eigenvalue weighted by atomic mass is 9.99.